The molecule has 0 aromatic heterocycles. The zero-order valence-electron chi connectivity index (χ0n) is 14.0. The summed E-state index contributed by atoms with van der Waals surface area (Å²) in [4.78, 5) is 9.88. The molecule has 0 spiro atoms. The molecule has 0 atom stereocenters. The van der Waals surface area contributed by atoms with Gasteiger partial charge >= 0.3 is 5.77 Å². The van der Waals surface area contributed by atoms with E-state index in [0.717, 1.165) is 24.3 Å². The largest absolute Gasteiger partial charge is 0.329 e. The predicted molar refractivity (Wildman–Crippen MR) is 101 cm³/mol. The fourth-order valence-electron chi connectivity index (χ4n) is 2.16. The van der Waals surface area contributed by atoms with E-state index in [4.69, 9.17) is 0 Å². The average Bonchev–Trinajstić information content (AvgIpc) is 2.45. The summed E-state index contributed by atoms with van der Waals surface area (Å²) in [6, 6.07) is 0. The van der Waals surface area contributed by atoms with Crippen LogP contribution in [0.1, 0.15) is 90.9 Å². The molecular weight excluding hydrogens is 319 g/mol. The monoisotopic (exact) mass is 354 g/mol. The van der Waals surface area contributed by atoms with Crippen LogP contribution in [0.2, 0.25) is 0 Å². The van der Waals surface area contributed by atoms with E-state index >= 15 is 0 Å². The Labute approximate surface area is 140 Å². The number of hydrogen-bond acceptors (Lipinski definition) is 3. The summed E-state index contributed by atoms with van der Waals surface area (Å²) in [5.41, 5.74) is 0. The van der Waals surface area contributed by atoms with Gasteiger partial charge in [0.1, 0.15) is 0 Å². The maximum atomic E-state index is 12.0. The third-order valence-corrected chi connectivity index (χ3v) is 10.1. The molecule has 21 heavy (non-hydrogen) atoms. The SMILES string of the molecule is CCCCCCCCSP(=O)(O)SCCCCCCCC. The molecule has 0 bridgehead atoms. The van der Waals surface area contributed by atoms with Crippen LogP contribution < -0.4 is 0 Å². The van der Waals surface area contributed by atoms with E-state index in [0.29, 0.717) is 0 Å². The third-order valence-electron chi connectivity index (χ3n) is 3.50. The van der Waals surface area contributed by atoms with Crippen LogP contribution in [0, 0.1) is 0 Å². The molecule has 128 valence electrons. The Bertz CT molecular complexity index is 241. The molecule has 0 amide bonds. The first-order valence-electron chi connectivity index (χ1n) is 8.74. The molecular formula is C16H35O2PS2. The summed E-state index contributed by atoms with van der Waals surface area (Å²) < 4.78 is 12.0. The van der Waals surface area contributed by atoms with Gasteiger partial charge in [0.15, 0.2) is 0 Å². The van der Waals surface area contributed by atoms with E-state index in [1.807, 2.05) is 0 Å². The van der Waals surface area contributed by atoms with Crippen molar-refractivity contribution >= 4 is 28.5 Å². The summed E-state index contributed by atoms with van der Waals surface area (Å²) in [7, 11) is 0. The second-order valence-electron chi connectivity index (χ2n) is 5.67. The summed E-state index contributed by atoms with van der Waals surface area (Å²) in [6.07, 6.45) is 14.9. The quantitative estimate of drug-likeness (QED) is 0.233. The van der Waals surface area contributed by atoms with Gasteiger partial charge in [0.05, 0.1) is 0 Å². The summed E-state index contributed by atoms with van der Waals surface area (Å²) in [5.74, 6) is -1.31. The second kappa shape index (κ2) is 15.8. The standard InChI is InChI=1S/C16H35O2PS2/c1-3-5-7-9-11-13-15-20-19(17,18)21-16-14-12-10-8-6-4-2/h3-16H2,1-2H3,(H,17,18). The lowest BCUT2D eigenvalue weighted by Gasteiger charge is -2.10. The zero-order valence-corrected chi connectivity index (χ0v) is 16.5. The summed E-state index contributed by atoms with van der Waals surface area (Å²) in [5, 5.41) is 0. The Morgan fingerprint density at radius 1 is 0.667 bits per heavy atom. The van der Waals surface area contributed by atoms with Gasteiger partial charge in [0.25, 0.3) is 0 Å². The van der Waals surface area contributed by atoms with Gasteiger partial charge in [-0.1, -0.05) is 101 Å². The van der Waals surface area contributed by atoms with Gasteiger partial charge in [-0.25, -0.2) is 0 Å². The molecule has 5 heteroatoms. The van der Waals surface area contributed by atoms with Crippen LogP contribution in [0.3, 0.4) is 0 Å². The van der Waals surface area contributed by atoms with Crippen LogP contribution in [-0.2, 0) is 4.57 Å². The average molecular weight is 355 g/mol. The molecule has 0 aromatic rings. The van der Waals surface area contributed by atoms with E-state index in [1.165, 1.54) is 87.0 Å². The van der Waals surface area contributed by atoms with Gasteiger partial charge in [-0.05, 0) is 12.8 Å². The smallest absolute Gasteiger partial charge is 0.310 e. The molecule has 0 unspecified atom stereocenters. The minimum Gasteiger partial charge on any atom is -0.329 e. The normalized spacial score (nSPS) is 12.0. The number of rotatable bonds is 16. The van der Waals surface area contributed by atoms with Crippen molar-refractivity contribution in [3.8, 4) is 0 Å². The van der Waals surface area contributed by atoms with E-state index in [9.17, 15) is 9.46 Å². The van der Waals surface area contributed by atoms with Crippen LogP contribution in [0.15, 0.2) is 0 Å². The van der Waals surface area contributed by atoms with Crippen LogP contribution in [0.4, 0.5) is 0 Å². The first-order chi connectivity index (χ1) is 10.1. The highest BCUT2D eigenvalue weighted by atomic mass is 33.1. The Balaban J connectivity index is 3.37. The first kappa shape index (κ1) is 21.9. The van der Waals surface area contributed by atoms with E-state index < -0.39 is 5.77 Å². The van der Waals surface area contributed by atoms with Crippen molar-refractivity contribution in [2.24, 2.45) is 0 Å². The predicted octanol–water partition coefficient (Wildman–Crippen LogP) is 7.27. The van der Waals surface area contributed by atoms with Crippen LogP contribution in [0.25, 0.3) is 0 Å². The Morgan fingerprint density at radius 3 is 1.38 bits per heavy atom. The van der Waals surface area contributed by atoms with E-state index in [-0.39, 0.29) is 0 Å². The van der Waals surface area contributed by atoms with Gasteiger partial charge in [-0.3, -0.25) is 4.57 Å². The molecule has 0 heterocycles. The van der Waals surface area contributed by atoms with Crippen molar-refractivity contribution in [2.45, 2.75) is 90.9 Å². The highest BCUT2D eigenvalue weighted by Gasteiger charge is 2.18. The molecule has 0 rings (SSSR count). The van der Waals surface area contributed by atoms with Gasteiger partial charge in [0.2, 0.25) is 0 Å². The minimum atomic E-state index is -2.98. The van der Waals surface area contributed by atoms with Crippen LogP contribution >= 0.6 is 28.5 Å². The fraction of sp³-hybridized carbons (Fsp3) is 1.00. The lowest BCUT2D eigenvalue weighted by atomic mass is 10.1. The van der Waals surface area contributed by atoms with Gasteiger partial charge in [-0.2, -0.15) is 0 Å². The molecule has 0 aliphatic rings. The minimum absolute atomic E-state index is 0.837. The van der Waals surface area contributed by atoms with Crippen molar-refractivity contribution in [1.29, 1.82) is 0 Å². The van der Waals surface area contributed by atoms with Crippen molar-refractivity contribution in [3.63, 3.8) is 0 Å². The molecule has 0 aliphatic heterocycles. The van der Waals surface area contributed by atoms with E-state index in [1.54, 1.807) is 0 Å². The summed E-state index contributed by atoms with van der Waals surface area (Å²) >= 11 is 2.58. The maximum Gasteiger partial charge on any atom is 0.310 e. The lowest BCUT2D eigenvalue weighted by molar-refractivity contribution is 0.514. The maximum absolute atomic E-state index is 12.0. The second-order valence-corrected chi connectivity index (χ2v) is 13.2. The summed E-state index contributed by atoms with van der Waals surface area (Å²) in [6.45, 7) is 4.44. The number of hydrogen-bond donors (Lipinski definition) is 1. The highest BCUT2D eigenvalue weighted by molar-refractivity contribution is 8.88. The van der Waals surface area contributed by atoms with Crippen molar-refractivity contribution in [3.05, 3.63) is 0 Å². The molecule has 0 saturated carbocycles. The van der Waals surface area contributed by atoms with Crippen LogP contribution in [-0.4, -0.2) is 16.4 Å². The molecule has 0 saturated heterocycles. The fourth-order valence-corrected chi connectivity index (χ4v) is 7.76. The van der Waals surface area contributed by atoms with Crippen molar-refractivity contribution < 1.29 is 9.46 Å². The molecule has 1 N–H and O–H groups in total. The molecule has 0 radical (unpaired) electrons. The van der Waals surface area contributed by atoms with Crippen molar-refractivity contribution in [2.75, 3.05) is 11.5 Å². The Morgan fingerprint density at radius 2 is 1.00 bits per heavy atom. The van der Waals surface area contributed by atoms with Gasteiger partial charge < -0.3 is 4.89 Å². The Hall–Kier alpha value is 0.890. The third kappa shape index (κ3) is 17.1. The van der Waals surface area contributed by atoms with Gasteiger partial charge in [0, 0.05) is 11.5 Å². The lowest BCUT2D eigenvalue weighted by Crippen LogP contribution is -1.84. The number of unbranched alkanes of at least 4 members (excludes halogenated alkanes) is 10. The molecule has 0 aliphatic carbocycles. The van der Waals surface area contributed by atoms with Crippen LogP contribution in [0.5, 0.6) is 0 Å². The Kier molecular flexibility index (Phi) is 16.4. The first-order valence-corrected chi connectivity index (χ1v) is 13.6. The van der Waals surface area contributed by atoms with Crippen molar-refractivity contribution in [1.82, 2.24) is 0 Å². The zero-order chi connectivity index (χ0) is 15.8. The molecule has 2 nitrogen and oxygen atoms in total. The highest BCUT2D eigenvalue weighted by Crippen LogP contribution is 2.65. The van der Waals surface area contributed by atoms with Gasteiger partial charge in [-0.15, -0.1) is 0 Å². The van der Waals surface area contributed by atoms with E-state index in [2.05, 4.69) is 13.8 Å². The topological polar surface area (TPSA) is 37.3 Å². The molecule has 0 fully saturated rings. The molecule has 0 aromatic carbocycles.